The van der Waals surface area contributed by atoms with Crippen LogP contribution in [-0.4, -0.2) is 28.8 Å². The Bertz CT molecular complexity index is 382. The monoisotopic (exact) mass is 221 g/mol. The molecule has 0 spiro atoms. The molecule has 2 aliphatic rings. The van der Waals surface area contributed by atoms with E-state index in [2.05, 4.69) is 9.55 Å². The fourth-order valence-electron chi connectivity index (χ4n) is 2.80. The summed E-state index contributed by atoms with van der Waals surface area (Å²) in [6, 6.07) is 0.910. The molecule has 1 aromatic heterocycles. The second kappa shape index (κ2) is 3.86. The fourth-order valence-corrected chi connectivity index (χ4v) is 2.80. The quantitative estimate of drug-likeness (QED) is 0.812. The van der Waals surface area contributed by atoms with Crippen molar-refractivity contribution in [3.8, 4) is 0 Å². The van der Waals surface area contributed by atoms with Crippen molar-refractivity contribution in [2.24, 2.45) is 5.73 Å². The van der Waals surface area contributed by atoms with Crippen molar-refractivity contribution in [2.75, 3.05) is 7.11 Å². The molecule has 0 aliphatic heterocycles. The summed E-state index contributed by atoms with van der Waals surface area (Å²) in [4.78, 5) is 4.51. The van der Waals surface area contributed by atoms with E-state index in [-0.39, 0.29) is 0 Å². The van der Waals surface area contributed by atoms with Gasteiger partial charge in [-0.25, -0.2) is 4.98 Å². The lowest BCUT2D eigenvalue weighted by Crippen LogP contribution is -2.35. The van der Waals surface area contributed by atoms with E-state index >= 15 is 0 Å². The highest BCUT2D eigenvalue weighted by Crippen LogP contribution is 2.36. The number of aryl methyl sites for hydroxylation is 1. The molecule has 0 saturated heterocycles. The molecule has 3 rings (SSSR count). The van der Waals surface area contributed by atoms with Crippen molar-refractivity contribution in [2.45, 2.75) is 50.3 Å². The molecule has 16 heavy (non-hydrogen) atoms. The van der Waals surface area contributed by atoms with E-state index in [4.69, 9.17) is 10.5 Å². The predicted molar refractivity (Wildman–Crippen MR) is 61.3 cm³/mol. The lowest BCUT2D eigenvalue weighted by molar-refractivity contribution is 0.00529. The van der Waals surface area contributed by atoms with Crippen LogP contribution >= 0.6 is 0 Å². The summed E-state index contributed by atoms with van der Waals surface area (Å²) in [7, 11) is 1.79. The molecular weight excluding hydrogens is 202 g/mol. The Kier molecular flexibility index (Phi) is 2.48. The molecule has 1 heterocycles. The van der Waals surface area contributed by atoms with E-state index in [0.717, 1.165) is 32.1 Å². The molecule has 1 saturated carbocycles. The average molecular weight is 221 g/mol. The number of imidazole rings is 1. The first-order valence-corrected chi connectivity index (χ1v) is 6.11. The van der Waals surface area contributed by atoms with Crippen molar-refractivity contribution in [1.82, 2.24) is 9.55 Å². The van der Waals surface area contributed by atoms with Crippen LogP contribution in [-0.2, 0) is 17.6 Å². The maximum atomic E-state index is 6.02. The summed E-state index contributed by atoms with van der Waals surface area (Å²) in [5, 5.41) is 0. The molecule has 0 amide bonds. The minimum atomic E-state index is 0.321. The van der Waals surface area contributed by atoms with Gasteiger partial charge in [0, 0.05) is 31.3 Å². The van der Waals surface area contributed by atoms with Gasteiger partial charge in [0.05, 0.1) is 18.1 Å². The number of hydrogen-bond acceptors (Lipinski definition) is 3. The van der Waals surface area contributed by atoms with E-state index in [9.17, 15) is 0 Å². The largest absolute Gasteiger partial charge is 0.381 e. The molecule has 0 radical (unpaired) electrons. The molecule has 1 atom stereocenters. The molecule has 0 aromatic carbocycles. The van der Waals surface area contributed by atoms with Gasteiger partial charge >= 0.3 is 0 Å². The van der Waals surface area contributed by atoms with Crippen LogP contribution in [0.5, 0.6) is 0 Å². The van der Waals surface area contributed by atoms with E-state index in [0.29, 0.717) is 18.2 Å². The second-order valence-electron chi connectivity index (χ2n) is 5.03. The summed E-state index contributed by atoms with van der Waals surface area (Å²) in [5.41, 5.74) is 8.66. The third kappa shape index (κ3) is 1.57. The number of methoxy groups -OCH3 is 1. The zero-order chi connectivity index (χ0) is 11.1. The highest BCUT2D eigenvalue weighted by molar-refractivity contribution is 5.20. The minimum absolute atomic E-state index is 0.321. The summed E-state index contributed by atoms with van der Waals surface area (Å²) in [6.07, 6.45) is 7.80. The van der Waals surface area contributed by atoms with E-state index in [1.54, 1.807) is 7.11 Å². The van der Waals surface area contributed by atoms with Gasteiger partial charge in [0.1, 0.15) is 0 Å². The molecule has 1 aromatic rings. The molecule has 88 valence electrons. The normalized spacial score (nSPS) is 33.2. The first-order chi connectivity index (χ1) is 7.78. The van der Waals surface area contributed by atoms with Crippen LogP contribution in [0, 0.1) is 0 Å². The molecule has 1 fully saturated rings. The van der Waals surface area contributed by atoms with Gasteiger partial charge in [0.2, 0.25) is 0 Å². The van der Waals surface area contributed by atoms with Crippen molar-refractivity contribution in [1.29, 1.82) is 0 Å². The van der Waals surface area contributed by atoms with Crippen LogP contribution in [0.15, 0.2) is 6.33 Å². The fraction of sp³-hybridized carbons (Fsp3) is 0.750. The number of nitrogens with two attached hydrogens (primary N) is 1. The SMILES string of the molecule is CO[C@H]1C[C@@H](n2cnc3c2C[C@H](N)CC3)C1. The molecule has 0 bridgehead atoms. The van der Waals surface area contributed by atoms with E-state index in [1.807, 2.05) is 6.33 Å². The van der Waals surface area contributed by atoms with Gasteiger partial charge in [0.15, 0.2) is 0 Å². The lowest BCUT2D eigenvalue weighted by Gasteiger charge is -2.36. The van der Waals surface area contributed by atoms with Crippen LogP contribution < -0.4 is 5.73 Å². The van der Waals surface area contributed by atoms with Crippen molar-refractivity contribution < 1.29 is 4.74 Å². The van der Waals surface area contributed by atoms with Gasteiger partial charge in [-0.15, -0.1) is 0 Å². The van der Waals surface area contributed by atoms with Gasteiger partial charge in [-0.05, 0) is 25.7 Å². The first kappa shape index (κ1) is 10.3. The smallest absolute Gasteiger partial charge is 0.0954 e. The van der Waals surface area contributed by atoms with Gasteiger partial charge < -0.3 is 15.0 Å². The number of aromatic nitrogens is 2. The highest BCUT2D eigenvalue weighted by Gasteiger charge is 2.33. The van der Waals surface area contributed by atoms with Gasteiger partial charge in [-0.1, -0.05) is 0 Å². The number of ether oxygens (including phenoxy) is 1. The van der Waals surface area contributed by atoms with Crippen molar-refractivity contribution in [3.05, 3.63) is 17.7 Å². The number of nitrogens with zero attached hydrogens (tertiary/aromatic N) is 2. The maximum absolute atomic E-state index is 6.02. The summed E-state index contributed by atoms with van der Waals surface area (Å²) < 4.78 is 7.66. The van der Waals surface area contributed by atoms with Crippen LogP contribution in [0.4, 0.5) is 0 Å². The average Bonchev–Trinajstić information content (AvgIpc) is 2.60. The number of fused-ring (bicyclic) bond motifs is 1. The first-order valence-electron chi connectivity index (χ1n) is 6.11. The third-order valence-corrected chi connectivity index (χ3v) is 3.99. The van der Waals surface area contributed by atoms with Gasteiger partial charge in [0.25, 0.3) is 0 Å². The third-order valence-electron chi connectivity index (χ3n) is 3.99. The molecule has 0 unspecified atom stereocenters. The van der Waals surface area contributed by atoms with E-state index < -0.39 is 0 Å². The molecule has 4 heteroatoms. The second-order valence-corrected chi connectivity index (χ2v) is 5.03. The van der Waals surface area contributed by atoms with Gasteiger partial charge in [-0.2, -0.15) is 0 Å². The Morgan fingerprint density at radius 1 is 1.50 bits per heavy atom. The highest BCUT2D eigenvalue weighted by atomic mass is 16.5. The van der Waals surface area contributed by atoms with Crippen LogP contribution in [0.2, 0.25) is 0 Å². The van der Waals surface area contributed by atoms with Gasteiger partial charge in [-0.3, -0.25) is 0 Å². The lowest BCUT2D eigenvalue weighted by atomic mass is 9.88. The van der Waals surface area contributed by atoms with Crippen LogP contribution in [0.25, 0.3) is 0 Å². The predicted octanol–water partition coefficient (Wildman–Crippen LogP) is 1.05. The summed E-state index contributed by atoms with van der Waals surface area (Å²) in [5.74, 6) is 0. The Balaban J connectivity index is 1.79. The Labute approximate surface area is 95.8 Å². The number of hydrogen-bond donors (Lipinski definition) is 1. The standard InChI is InChI=1S/C12H19N3O/c1-16-10-5-9(6-10)15-7-14-11-3-2-8(13)4-12(11)15/h7-10H,2-6,13H2,1H3/t8-,9-,10+/m1/s1. The zero-order valence-corrected chi connectivity index (χ0v) is 9.72. The van der Waals surface area contributed by atoms with Crippen molar-refractivity contribution in [3.63, 3.8) is 0 Å². The topological polar surface area (TPSA) is 53.1 Å². The zero-order valence-electron chi connectivity index (χ0n) is 9.72. The van der Waals surface area contributed by atoms with E-state index in [1.165, 1.54) is 11.4 Å². The molecule has 2 N–H and O–H groups in total. The molecular formula is C12H19N3O. The summed E-state index contributed by atoms with van der Waals surface area (Å²) in [6.45, 7) is 0. The summed E-state index contributed by atoms with van der Waals surface area (Å²) >= 11 is 0. The maximum Gasteiger partial charge on any atom is 0.0954 e. The number of rotatable bonds is 2. The van der Waals surface area contributed by atoms with Crippen molar-refractivity contribution >= 4 is 0 Å². The van der Waals surface area contributed by atoms with Crippen LogP contribution in [0.1, 0.15) is 36.7 Å². The Morgan fingerprint density at radius 3 is 3.06 bits per heavy atom. The minimum Gasteiger partial charge on any atom is -0.381 e. The Morgan fingerprint density at radius 2 is 2.31 bits per heavy atom. The molecule has 2 aliphatic carbocycles. The Hall–Kier alpha value is -0.870. The van der Waals surface area contributed by atoms with Crippen LogP contribution in [0.3, 0.4) is 0 Å². The molecule has 4 nitrogen and oxygen atoms in total.